The fraction of sp³-hybridized carbons (Fsp3) is 0.417. The predicted molar refractivity (Wildman–Crippen MR) is 62.8 cm³/mol. The Morgan fingerprint density at radius 3 is 2.76 bits per heavy atom. The van der Waals surface area contributed by atoms with Gasteiger partial charge < -0.3 is 5.11 Å². The van der Waals surface area contributed by atoms with E-state index >= 15 is 0 Å². The van der Waals surface area contributed by atoms with Crippen molar-refractivity contribution in [3.8, 4) is 0 Å². The number of hydrogen-bond acceptors (Lipinski definition) is 3. The number of rotatable bonds is 6. The van der Waals surface area contributed by atoms with Crippen LogP contribution in [-0.2, 0) is 11.2 Å². The Kier molecular flexibility index (Phi) is 4.63. The maximum Gasteiger partial charge on any atom is 0.303 e. The second-order valence-electron chi connectivity index (χ2n) is 4.00. The van der Waals surface area contributed by atoms with Crippen molar-refractivity contribution in [1.82, 2.24) is 0 Å². The summed E-state index contributed by atoms with van der Waals surface area (Å²) in [5.74, 6) is -0.809. The highest BCUT2D eigenvalue weighted by molar-refractivity contribution is 5.67. The Hall–Kier alpha value is -1.91. The number of non-ortho nitro benzene ring substituents is 1. The van der Waals surface area contributed by atoms with Crippen molar-refractivity contribution in [2.24, 2.45) is 5.92 Å². The van der Waals surface area contributed by atoms with Crippen molar-refractivity contribution in [2.45, 2.75) is 26.2 Å². The molecule has 1 aromatic rings. The molecule has 1 atom stereocenters. The molecule has 0 aliphatic rings. The minimum Gasteiger partial charge on any atom is -0.481 e. The molecular formula is C12H15NO4. The first-order valence-electron chi connectivity index (χ1n) is 5.48. The average molecular weight is 237 g/mol. The van der Waals surface area contributed by atoms with E-state index in [2.05, 4.69) is 0 Å². The van der Waals surface area contributed by atoms with Gasteiger partial charge in [0.2, 0.25) is 0 Å². The van der Waals surface area contributed by atoms with Crippen LogP contribution in [0.25, 0.3) is 0 Å². The number of aliphatic carboxylic acids is 1. The maximum absolute atomic E-state index is 10.6. The van der Waals surface area contributed by atoms with Crippen molar-refractivity contribution in [1.29, 1.82) is 0 Å². The number of benzene rings is 1. The molecule has 0 aromatic heterocycles. The summed E-state index contributed by atoms with van der Waals surface area (Å²) in [5, 5.41) is 19.3. The highest BCUT2D eigenvalue weighted by Crippen LogP contribution is 2.19. The normalized spacial score (nSPS) is 12.1. The molecule has 0 saturated carbocycles. The number of nitro groups is 1. The molecule has 0 fully saturated rings. The highest BCUT2D eigenvalue weighted by Gasteiger charge is 2.13. The molecule has 92 valence electrons. The van der Waals surface area contributed by atoms with Gasteiger partial charge in [-0.1, -0.05) is 25.5 Å². The van der Waals surface area contributed by atoms with E-state index in [1.165, 1.54) is 12.1 Å². The second-order valence-corrected chi connectivity index (χ2v) is 4.00. The first kappa shape index (κ1) is 13.2. The number of nitrogens with zero attached hydrogens (tertiary/aromatic N) is 1. The van der Waals surface area contributed by atoms with Gasteiger partial charge in [0.1, 0.15) is 0 Å². The zero-order valence-electron chi connectivity index (χ0n) is 9.63. The summed E-state index contributed by atoms with van der Waals surface area (Å²) < 4.78 is 0. The topological polar surface area (TPSA) is 80.4 Å². The predicted octanol–water partition coefficient (Wildman–Crippen LogP) is 2.64. The van der Waals surface area contributed by atoms with Crippen LogP contribution in [0.15, 0.2) is 24.3 Å². The number of nitro benzene ring substituents is 1. The lowest BCUT2D eigenvalue weighted by atomic mass is 9.94. The van der Waals surface area contributed by atoms with E-state index in [9.17, 15) is 14.9 Å². The molecule has 5 nitrogen and oxygen atoms in total. The van der Waals surface area contributed by atoms with Gasteiger partial charge in [0.05, 0.1) is 4.92 Å². The lowest BCUT2D eigenvalue weighted by molar-refractivity contribution is -0.384. The van der Waals surface area contributed by atoms with E-state index in [4.69, 9.17) is 5.11 Å². The Balaban J connectivity index is 2.75. The van der Waals surface area contributed by atoms with Crippen molar-refractivity contribution in [2.75, 3.05) is 0 Å². The minimum absolute atomic E-state index is 0.0227. The summed E-state index contributed by atoms with van der Waals surface area (Å²) in [6.07, 6.45) is 1.40. The van der Waals surface area contributed by atoms with E-state index in [0.717, 1.165) is 12.0 Å². The second kappa shape index (κ2) is 5.98. The van der Waals surface area contributed by atoms with Crippen molar-refractivity contribution >= 4 is 11.7 Å². The largest absolute Gasteiger partial charge is 0.481 e. The van der Waals surface area contributed by atoms with Crippen LogP contribution < -0.4 is 0 Å². The summed E-state index contributed by atoms with van der Waals surface area (Å²) in [6.45, 7) is 1.92. The third-order valence-corrected chi connectivity index (χ3v) is 2.69. The molecule has 1 unspecified atom stereocenters. The van der Waals surface area contributed by atoms with E-state index in [1.807, 2.05) is 6.92 Å². The molecule has 0 aliphatic heterocycles. The third kappa shape index (κ3) is 4.22. The first-order chi connectivity index (χ1) is 8.02. The van der Waals surface area contributed by atoms with Crippen LogP contribution in [0, 0.1) is 16.0 Å². The van der Waals surface area contributed by atoms with Crippen LogP contribution in [0.2, 0.25) is 0 Å². The van der Waals surface area contributed by atoms with Crippen LogP contribution in [0.4, 0.5) is 5.69 Å². The standard InChI is InChI=1S/C12H15NO4/c1-2-9(8-12(14)15)6-10-4-3-5-11(7-10)13(16)17/h3-5,7,9H,2,6,8H2,1H3,(H,14,15). The van der Waals surface area contributed by atoms with Gasteiger partial charge in [0.15, 0.2) is 0 Å². The van der Waals surface area contributed by atoms with Gasteiger partial charge in [-0.2, -0.15) is 0 Å². The van der Waals surface area contributed by atoms with Gasteiger partial charge in [-0.05, 0) is 17.9 Å². The molecule has 5 heteroatoms. The zero-order chi connectivity index (χ0) is 12.8. The lowest BCUT2D eigenvalue weighted by Crippen LogP contribution is -2.09. The van der Waals surface area contributed by atoms with Gasteiger partial charge in [0, 0.05) is 18.6 Å². The molecule has 0 heterocycles. The Bertz CT molecular complexity index is 417. The third-order valence-electron chi connectivity index (χ3n) is 2.69. The van der Waals surface area contributed by atoms with E-state index < -0.39 is 10.9 Å². The summed E-state index contributed by atoms with van der Waals surface area (Å²) in [7, 11) is 0. The number of carboxylic acids is 1. The van der Waals surface area contributed by atoms with Crippen LogP contribution in [0.1, 0.15) is 25.3 Å². The molecule has 0 radical (unpaired) electrons. The Morgan fingerprint density at radius 1 is 1.53 bits per heavy atom. The molecule has 1 rings (SSSR count). The van der Waals surface area contributed by atoms with Gasteiger partial charge >= 0.3 is 5.97 Å². The van der Waals surface area contributed by atoms with Crippen LogP contribution >= 0.6 is 0 Å². The monoisotopic (exact) mass is 237 g/mol. The van der Waals surface area contributed by atoms with Gasteiger partial charge in [-0.15, -0.1) is 0 Å². The smallest absolute Gasteiger partial charge is 0.303 e. The maximum atomic E-state index is 10.6. The summed E-state index contributed by atoms with van der Waals surface area (Å²) >= 11 is 0. The summed E-state index contributed by atoms with van der Waals surface area (Å²) in [5.41, 5.74) is 0.861. The molecule has 0 saturated heterocycles. The summed E-state index contributed by atoms with van der Waals surface area (Å²) in [6, 6.07) is 6.35. The van der Waals surface area contributed by atoms with Crippen LogP contribution in [0.5, 0.6) is 0 Å². The number of hydrogen-bond donors (Lipinski definition) is 1. The fourth-order valence-electron chi connectivity index (χ4n) is 1.74. The number of carbonyl (C=O) groups is 1. The quantitative estimate of drug-likeness (QED) is 0.609. The van der Waals surface area contributed by atoms with E-state index in [-0.39, 0.29) is 18.0 Å². The molecule has 17 heavy (non-hydrogen) atoms. The average Bonchev–Trinajstić information content (AvgIpc) is 2.28. The minimum atomic E-state index is -0.831. The van der Waals surface area contributed by atoms with Crippen molar-refractivity contribution < 1.29 is 14.8 Å². The van der Waals surface area contributed by atoms with E-state index in [1.54, 1.807) is 12.1 Å². The van der Waals surface area contributed by atoms with Gasteiger partial charge in [0.25, 0.3) is 5.69 Å². The van der Waals surface area contributed by atoms with E-state index in [0.29, 0.717) is 6.42 Å². The Morgan fingerprint density at radius 2 is 2.24 bits per heavy atom. The van der Waals surface area contributed by atoms with Crippen LogP contribution in [0.3, 0.4) is 0 Å². The molecule has 0 spiro atoms. The lowest BCUT2D eigenvalue weighted by Gasteiger charge is -2.11. The van der Waals surface area contributed by atoms with Gasteiger partial charge in [-0.25, -0.2) is 0 Å². The fourth-order valence-corrected chi connectivity index (χ4v) is 1.74. The molecule has 1 N–H and O–H groups in total. The molecular weight excluding hydrogens is 222 g/mol. The molecule has 0 bridgehead atoms. The van der Waals surface area contributed by atoms with Crippen molar-refractivity contribution in [3.05, 3.63) is 39.9 Å². The van der Waals surface area contributed by atoms with Crippen molar-refractivity contribution in [3.63, 3.8) is 0 Å². The SMILES string of the molecule is CCC(CC(=O)O)Cc1cccc([N+](=O)[O-])c1. The Labute approximate surface area is 99.2 Å². The molecule has 0 amide bonds. The molecule has 0 aliphatic carbocycles. The van der Waals surface area contributed by atoms with Crippen LogP contribution in [-0.4, -0.2) is 16.0 Å². The highest BCUT2D eigenvalue weighted by atomic mass is 16.6. The zero-order valence-corrected chi connectivity index (χ0v) is 9.63. The summed E-state index contributed by atoms with van der Waals surface area (Å²) in [4.78, 5) is 20.8. The number of carboxylic acid groups (broad SMARTS) is 1. The first-order valence-corrected chi connectivity index (χ1v) is 5.48. The van der Waals surface area contributed by atoms with Gasteiger partial charge in [-0.3, -0.25) is 14.9 Å². The molecule has 1 aromatic carbocycles.